The number of alkyl halides is 3. The summed E-state index contributed by atoms with van der Waals surface area (Å²) in [7, 11) is -2.49. The zero-order chi connectivity index (χ0) is 30.6. The van der Waals surface area contributed by atoms with Gasteiger partial charge in [0, 0.05) is 44.5 Å². The van der Waals surface area contributed by atoms with Crippen LogP contribution in [-0.4, -0.2) is 80.0 Å². The molecule has 0 radical (unpaired) electrons. The predicted octanol–water partition coefficient (Wildman–Crippen LogP) is 4.12. The summed E-state index contributed by atoms with van der Waals surface area (Å²) >= 11 is 0. The summed E-state index contributed by atoms with van der Waals surface area (Å²) in [5, 5.41) is 5.52. The molecule has 11 nitrogen and oxygen atoms in total. The average molecular weight is 621 g/mol. The average Bonchev–Trinajstić information content (AvgIpc) is 3.55. The highest BCUT2D eigenvalue weighted by Crippen LogP contribution is 2.35. The highest BCUT2D eigenvalue weighted by Gasteiger charge is 2.36. The monoisotopic (exact) mass is 620 g/mol. The number of anilines is 3. The molecule has 2 N–H and O–H groups in total. The van der Waals surface area contributed by atoms with Crippen molar-refractivity contribution in [2.24, 2.45) is 0 Å². The van der Waals surface area contributed by atoms with Gasteiger partial charge < -0.3 is 25.0 Å². The molecular formula is C28H31F3N6O5S. The number of benzene rings is 2. The summed E-state index contributed by atoms with van der Waals surface area (Å²) in [4.78, 5) is 22.4. The number of morpholine rings is 1. The third-order valence-electron chi connectivity index (χ3n) is 7.19. The van der Waals surface area contributed by atoms with Gasteiger partial charge in [-0.1, -0.05) is 18.2 Å². The number of amides is 1. The van der Waals surface area contributed by atoms with E-state index in [0.717, 1.165) is 12.8 Å². The summed E-state index contributed by atoms with van der Waals surface area (Å²) < 4.78 is 80.3. The van der Waals surface area contributed by atoms with Gasteiger partial charge in [-0.25, -0.2) is 13.4 Å². The number of carbonyl (C=O) groups is 1. The molecule has 2 aliphatic rings. The van der Waals surface area contributed by atoms with E-state index >= 15 is 0 Å². The molecule has 0 unspecified atom stereocenters. The van der Waals surface area contributed by atoms with Crippen LogP contribution >= 0.6 is 0 Å². The van der Waals surface area contributed by atoms with E-state index in [0.29, 0.717) is 30.5 Å². The van der Waals surface area contributed by atoms with Gasteiger partial charge >= 0.3 is 6.18 Å². The minimum absolute atomic E-state index is 0.0151. The number of sulfonamides is 1. The smallest absolute Gasteiger partial charge is 0.421 e. The standard InChI is InChI=1S/C28H31F3N6O5S/c1-41-23-16-19(26(38)36-10-4-5-11-36)8-9-22(23)34-27-33-18-21(28(29,30)31)25(35-27)32-17-20-6-2-3-7-24(20)43(39,40)37-12-14-42-15-13-37/h2-3,6-9,16,18H,4-5,10-15,17H2,1H3,(H2,32,33,34,35). The molecule has 0 atom stereocenters. The molecule has 2 aliphatic heterocycles. The zero-order valence-corrected chi connectivity index (χ0v) is 24.2. The largest absolute Gasteiger partial charge is 0.495 e. The van der Waals surface area contributed by atoms with Crippen LogP contribution in [0.15, 0.2) is 53.6 Å². The first-order valence-electron chi connectivity index (χ1n) is 13.7. The second-order valence-corrected chi connectivity index (χ2v) is 11.9. The number of rotatable bonds is 9. The molecule has 2 saturated heterocycles. The number of likely N-dealkylation sites (tertiary alicyclic amines) is 1. The molecule has 15 heteroatoms. The SMILES string of the molecule is COc1cc(C(=O)N2CCCC2)ccc1Nc1ncc(C(F)(F)F)c(NCc2ccccc2S(=O)(=O)N2CCOCC2)n1. The third kappa shape index (κ3) is 6.84. The molecule has 2 fully saturated rings. The van der Waals surface area contributed by atoms with Crippen LogP contribution in [0.4, 0.5) is 30.6 Å². The number of methoxy groups -OCH3 is 1. The van der Waals surface area contributed by atoms with Crippen LogP contribution in [0.25, 0.3) is 0 Å². The van der Waals surface area contributed by atoms with Crippen molar-refractivity contribution in [3.05, 3.63) is 65.4 Å². The maximum atomic E-state index is 13.9. The number of ether oxygens (including phenoxy) is 2. The highest BCUT2D eigenvalue weighted by molar-refractivity contribution is 7.89. The number of nitrogens with zero attached hydrogens (tertiary/aromatic N) is 4. The fraction of sp³-hybridized carbons (Fsp3) is 0.393. The quantitative estimate of drug-likeness (QED) is 0.364. The van der Waals surface area contributed by atoms with E-state index in [9.17, 15) is 26.4 Å². The summed E-state index contributed by atoms with van der Waals surface area (Å²) in [6.07, 6.45) is -2.25. The molecule has 0 spiro atoms. The van der Waals surface area contributed by atoms with E-state index in [2.05, 4.69) is 20.6 Å². The molecule has 3 heterocycles. The van der Waals surface area contributed by atoms with Crippen LogP contribution in [0.1, 0.15) is 34.3 Å². The van der Waals surface area contributed by atoms with Crippen molar-refractivity contribution < 1.29 is 35.9 Å². The molecule has 3 aromatic rings. The lowest BCUT2D eigenvalue weighted by atomic mass is 10.1. The van der Waals surface area contributed by atoms with Crippen molar-refractivity contribution in [3.8, 4) is 5.75 Å². The summed E-state index contributed by atoms with van der Waals surface area (Å²) in [6, 6.07) is 10.8. The van der Waals surface area contributed by atoms with Crippen molar-refractivity contribution in [1.29, 1.82) is 0 Å². The van der Waals surface area contributed by atoms with Crippen LogP contribution in [0.5, 0.6) is 5.75 Å². The van der Waals surface area contributed by atoms with Crippen LogP contribution in [-0.2, 0) is 27.5 Å². The minimum Gasteiger partial charge on any atom is -0.495 e. The number of aromatic nitrogens is 2. The molecule has 1 amide bonds. The van der Waals surface area contributed by atoms with E-state index in [1.807, 2.05) is 0 Å². The van der Waals surface area contributed by atoms with Gasteiger partial charge in [0.2, 0.25) is 16.0 Å². The van der Waals surface area contributed by atoms with E-state index in [1.165, 1.54) is 23.5 Å². The number of nitrogens with one attached hydrogen (secondary N) is 2. The van der Waals surface area contributed by atoms with Gasteiger partial charge in [-0.3, -0.25) is 4.79 Å². The maximum absolute atomic E-state index is 13.9. The van der Waals surface area contributed by atoms with Crippen molar-refractivity contribution in [2.75, 3.05) is 57.1 Å². The number of halogens is 3. The van der Waals surface area contributed by atoms with Gasteiger partial charge in [-0.2, -0.15) is 22.5 Å². The third-order valence-corrected chi connectivity index (χ3v) is 9.19. The van der Waals surface area contributed by atoms with Crippen LogP contribution < -0.4 is 15.4 Å². The Bertz CT molecular complexity index is 1580. The van der Waals surface area contributed by atoms with Gasteiger partial charge in [-0.05, 0) is 42.7 Å². The minimum atomic E-state index is -4.78. The molecule has 0 saturated carbocycles. The second kappa shape index (κ2) is 12.7. The number of hydrogen-bond donors (Lipinski definition) is 2. The van der Waals surface area contributed by atoms with E-state index in [-0.39, 0.29) is 60.9 Å². The topological polar surface area (TPSA) is 126 Å². The number of hydrogen-bond acceptors (Lipinski definition) is 9. The lowest BCUT2D eigenvalue weighted by Gasteiger charge is -2.27. The lowest BCUT2D eigenvalue weighted by Crippen LogP contribution is -2.41. The van der Waals surface area contributed by atoms with Gasteiger partial charge in [0.15, 0.2) is 0 Å². The Hall–Kier alpha value is -3.95. The first-order valence-corrected chi connectivity index (χ1v) is 15.1. The Morgan fingerprint density at radius 3 is 2.49 bits per heavy atom. The van der Waals surface area contributed by atoms with Crippen molar-refractivity contribution >= 4 is 33.4 Å². The molecule has 2 aromatic carbocycles. The van der Waals surface area contributed by atoms with Gasteiger partial charge in [-0.15, -0.1) is 0 Å². The molecular weight excluding hydrogens is 589 g/mol. The molecule has 230 valence electrons. The first-order chi connectivity index (χ1) is 20.6. The second-order valence-electron chi connectivity index (χ2n) is 9.97. The fourth-order valence-electron chi connectivity index (χ4n) is 4.94. The Kier molecular flexibility index (Phi) is 9.03. The number of carbonyl (C=O) groups excluding carboxylic acids is 1. The molecule has 43 heavy (non-hydrogen) atoms. The molecule has 5 rings (SSSR count). The first kappa shape index (κ1) is 30.5. The Balaban J connectivity index is 1.39. The zero-order valence-electron chi connectivity index (χ0n) is 23.4. The van der Waals surface area contributed by atoms with Crippen LogP contribution in [0.2, 0.25) is 0 Å². The fourth-order valence-corrected chi connectivity index (χ4v) is 6.57. The Morgan fingerprint density at radius 1 is 1.07 bits per heavy atom. The molecule has 1 aromatic heterocycles. The van der Waals surface area contributed by atoms with Crippen molar-refractivity contribution in [1.82, 2.24) is 19.2 Å². The van der Waals surface area contributed by atoms with Gasteiger partial charge in [0.05, 0.1) is 30.9 Å². The van der Waals surface area contributed by atoms with E-state index in [4.69, 9.17) is 9.47 Å². The van der Waals surface area contributed by atoms with Crippen LogP contribution in [0.3, 0.4) is 0 Å². The summed E-state index contributed by atoms with van der Waals surface area (Å²) in [5.41, 5.74) is -0.0842. The van der Waals surface area contributed by atoms with Crippen LogP contribution in [0, 0.1) is 0 Å². The summed E-state index contributed by atoms with van der Waals surface area (Å²) in [6.45, 7) is 1.98. The normalized spacial score (nSPS) is 16.2. The van der Waals surface area contributed by atoms with Crippen molar-refractivity contribution in [2.45, 2.75) is 30.5 Å². The van der Waals surface area contributed by atoms with Gasteiger partial charge in [0.25, 0.3) is 5.91 Å². The van der Waals surface area contributed by atoms with Crippen molar-refractivity contribution in [3.63, 3.8) is 0 Å². The molecule has 0 bridgehead atoms. The Morgan fingerprint density at radius 2 is 1.79 bits per heavy atom. The van der Waals surface area contributed by atoms with E-state index in [1.54, 1.807) is 35.2 Å². The predicted molar refractivity (Wildman–Crippen MR) is 152 cm³/mol. The van der Waals surface area contributed by atoms with E-state index < -0.39 is 27.6 Å². The van der Waals surface area contributed by atoms with Gasteiger partial charge in [0.1, 0.15) is 17.1 Å². The molecule has 0 aliphatic carbocycles. The Labute approximate surface area is 247 Å². The highest BCUT2D eigenvalue weighted by atomic mass is 32.2. The lowest BCUT2D eigenvalue weighted by molar-refractivity contribution is -0.137. The summed E-state index contributed by atoms with van der Waals surface area (Å²) in [5.74, 6) is -0.550. The maximum Gasteiger partial charge on any atom is 0.421 e.